The zero-order chi connectivity index (χ0) is 19.3. The molecule has 146 valence electrons. The lowest BCUT2D eigenvalue weighted by molar-refractivity contribution is -0.0497. The third kappa shape index (κ3) is 4.89. The summed E-state index contributed by atoms with van der Waals surface area (Å²) >= 11 is 0. The molecule has 1 aliphatic rings. The molecule has 1 fully saturated rings. The van der Waals surface area contributed by atoms with Gasteiger partial charge in [-0.25, -0.2) is 0 Å². The van der Waals surface area contributed by atoms with Gasteiger partial charge in [-0.05, 0) is 42.5 Å². The number of aliphatic hydroxyl groups is 2. The van der Waals surface area contributed by atoms with Crippen molar-refractivity contribution in [3.63, 3.8) is 0 Å². The number of hydrogen-bond donors (Lipinski definition) is 2. The number of hydrogen-bond acceptors (Lipinski definition) is 4. The summed E-state index contributed by atoms with van der Waals surface area (Å²) in [5.74, 6) is 0.794. The van der Waals surface area contributed by atoms with Gasteiger partial charge in [-0.1, -0.05) is 49.4 Å². The van der Waals surface area contributed by atoms with Crippen molar-refractivity contribution in [1.82, 2.24) is 4.90 Å². The van der Waals surface area contributed by atoms with Crippen LogP contribution in [-0.2, 0) is 6.42 Å². The normalized spacial score (nSPS) is 19.4. The Morgan fingerprint density at radius 3 is 2.22 bits per heavy atom. The summed E-state index contributed by atoms with van der Waals surface area (Å²) < 4.78 is 5.20. The fraction of sp³-hybridized carbons (Fsp3) is 0.478. The topological polar surface area (TPSA) is 52.9 Å². The molecule has 27 heavy (non-hydrogen) atoms. The largest absolute Gasteiger partial charge is 0.497 e. The third-order valence-electron chi connectivity index (χ3n) is 5.81. The molecule has 0 radical (unpaired) electrons. The number of benzene rings is 2. The minimum atomic E-state index is -0.652. The first-order chi connectivity index (χ1) is 13.0. The average Bonchev–Trinajstić information content (AvgIpc) is 2.70. The van der Waals surface area contributed by atoms with Gasteiger partial charge in [0, 0.05) is 25.6 Å². The van der Waals surface area contributed by atoms with E-state index in [9.17, 15) is 10.2 Å². The Balaban J connectivity index is 1.62. The average molecular weight is 370 g/mol. The van der Waals surface area contributed by atoms with Crippen molar-refractivity contribution in [2.45, 2.75) is 50.4 Å². The molecule has 0 bridgehead atoms. The molecule has 0 spiro atoms. The van der Waals surface area contributed by atoms with E-state index in [2.05, 4.69) is 24.0 Å². The van der Waals surface area contributed by atoms with Crippen molar-refractivity contribution in [3.8, 4) is 5.75 Å². The molecule has 4 nitrogen and oxygen atoms in total. The summed E-state index contributed by atoms with van der Waals surface area (Å²) in [6.07, 6.45) is 2.48. The van der Waals surface area contributed by atoms with Crippen LogP contribution in [0.1, 0.15) is 43.4 Å². The Morgan fingerprint density at radius 1 is 1.04 bits per heavy atom. The quantitative estimate of drug-likeness (QED) is 0.783. The number of methoxy groups -OCH3 is 1. The molecule has 1 heterocycles. The van der Waals surface area contributed by atoms with Gasteiger partial charge in [0.05, 0.1) is 18.8 Å². The molecule has 0 aromatic heterocycles. The van der Waals surface area contributed by atoms with E-state index in [-0.39, 0.29) is 6.04 Å². The smallest absolute Gasteiger partial charge is 0.118 e. The second kappa shape index (κ2) is 8.87. The highest BCUT2D eigenvalue weighted by atomic mass is 16.5. The first-order valence-corrected chi connectivity index (χ1v) is 9.87. The van der Waals surface area contributed by atoms with Crippen molar-refractivity contribution in [1.29, 1.82) is 0 Å². The van der Waals surface area contributed by atoms with Gasteiger partial charge in [-0.2, -0.15) is 0 Å². The standard InChI is InChI=1S/C23H31NO3/c1-3-21(22(25)19-9-11-20(27-2)12-10-19)24-15-13-23(26,14-16-24)17-18-7-5-4-6-8-18/h4-12,21-22,25-26H,3,13-17H2,1-2H3/t21-,22-/m0/s1. The Kier molecular flexibility index (Phi) is 6.53. The van der Waals surface area contributed by atoms with Crippen LogP contribution in [0.4, 0.5) is 0 Å². The molecule has 1 aliphatic heterocycles. The predicted octanol–water partition coefficient (Wildman–Crippen LogP) is 3.58. The van der Waals surface area contributed by atoms with E-state index in [1.807, 2.05) is 42.5 Å². The maximum absolute atomic E-state index is 11.0. The monoisotopic (exact) mass is 369 g/mol. The van der Waals surface area contributed by atoms with E-state index in [0.717, 1.165) is 43.7 Å². The van der Waals surface area contributed by atoms with Crippen LogP contribution < -0.4 is 4.74 Å². The van der Waals surface area contributed by atoms with Gasteiger partial charge in [0.25, 0.3) is 0 Å². The Morgan fingerprint density at radius 2 is 1.67 bits per heavy atom. The zero-order valence-corrected chi connectivity index (χ0v) is 16.3. The van der Waals surface area contributed by atoms with Crippen LogP contribution in [0, 0.1) is 0 Å². The van der Waals surface area contributed by atoms with E-state index in [0.29, 0.717) is 6.42 Å². The van der Waals surface area contributed by atoms with Gasteiger partial charge in [-0.3, -0.25) is 4.90 Å². The van der Waals surface area contributed by atoms with Gasteiger partial charge >= 0.3 is 0 Å². The molecule has 0 saturated carbocycles. The van der Waals surface area contributed by atoms with Crippen molar-refractivity contribution >= 4 is 0 Å². The number of likely N-dealkylation sites (tertiary alicyclic amines) is 1. The molecule has 2 aromatic rings. The van der Waals surface area contributed by atoms with E-state index in [1.165, 1.54) is 5.56 Å². The molecule has 4 heteroatoms. The molecule has 1 saturated heterocycles. The summed E-state index contributed by atoms with van der Waals surface area (Å²) in [4.78, 5) is 2.33. The van der Waals surface area contributed by atoms with Crippen molar-refractivity contribution < 1.29 is 14.9 Å². The fourth-order valence-electron chi connectivity index (χ4n) is 4.13. The van der Waals surface area contributed by atoms with Gasteiger partial charge in [0.2, 0.25) is 0 Å². The highest BCUT2D eigenvalue weighted by Crippen LogP contribution is 2.32. The molecule has 0 unspecified atom stereocenters. The van der Waals surface area contributed by atoms with Gasteiger partial charge in [0.15, 0.2) is 0 Å². The molecule has 0 amide bonds. The molecular weight excluding hydrogens is 338 g/mol. The van der Waals surface area contributed by atoms with Gasteiger partial charge < -0.3 is 14.9 Å². The van der Waals surface area contributed by atoms with Crippen LogP contribution in [0.15, 0.2) is 54.6 Å². The number of nitrogens with zero attached hydrogens (tertiary/aromatic N) is 1. The second-order valence-corrected chi connectivity index (χ2v) is 7.62. The summed E-state index contributed by atoms with van der Waals surface area (Å²) in [6.45, 7) is 3.71. The highest BCUT2D eigenvalue weighted by Gasteiger charge is 2.36. The molecule has 2 atom stereocenters. The van der Waals surface area contributed by atoms with Crippen LogP contribution in [-0.4, -0.2) is 47.0 Å². The number of ether oxygens (including phenoxy) is 1. The lowest BCUT2D eigenvalue weighted by Crippen LogP contribution is -2.50. The number of piperidine rings is 1. The van der Waals surface area contributed by atoms with E-state index >= 15 is 0 Å². The molecular formula is C23H31NO3. The SMILES string of the molecule is CC[C@@H]([C@@H](O)c1ccc(OC)cc1)N1CCC(O)(Cc2ccccc2)CC1. The zero-order valence-electron chi connectivity index (χ0n) is 16.3. The van der Waals surface area contributed by atoms with Crippen LogP contribution in [0.2, 0.25) is 0 Å². The second-order valence-electron chi connectivity index (χ2n) is 7.62. The number of rotatable bonds is 7. The van der Waals surface area contributed by atoms with E-state index < -0.39 is 11.7 Å². The van der Waals surface area contributed by atoms with Crippen LogP contribution in [0.5, 0.6) is 5.75 Å². The molecule has 0 aliphatic carbocycles. The highest BCUT2D eigenvalue weighted by molar-refractivity contribution is 5.29. The summed E-state index contributed by atoms with van der Waals surface area (Å²) in [5, 5.41) is 21.9. The maximum Gasteiger partial charge on any atom is 0.118 e. The van der Waals surface area contributed by atoms with Crippen LogP contribution >= 0.6 is 0 Å². The maximum atomic E-state index is 11.0. The molecule has 2 aromatic carbocycles. The third-order valence-corrected chi connectivity index (χ3v) is 5.81. The van der Waals surface area contributed by atoms with E-state index in [4.69, 9.17) is 4.74 Å². The molecule has 2 N–H and O–H groups in total. The summed E-state index contributed by atoms with van der Waals surface area (Å²) in [6, 6.07) is 17.9. The Hall–Kier alpha value is -1.88. The fourth-order valence-corrected chi connectivity index (χ4v) is 4.13. The first kappa shape index (κ1) is 19.9. The number of aliphatic hydroxyl groups excluding tert-OH is 1. The van der Waals surface area contributed by atoms with Crippen molar-refractivity contribution in [2.24, 2.45) is 0 Å². The van der Waals surface area contributed by atoms with Crippen molar-refractivity contribution in [3.05, 3.63) is 65.7 Å². The Labute approximate surface area is 162 Å². The van der Waals surface area contributed by atoms with E-state index in [1.54, 1.807) is 7.11 Å². The summed E-state index contributed by atoms with van der Waals surface area (Å²) in [7, 11) is 1.64. The lowest BCUT2D eigenvalue weighted by Gasteiger charge is -2.43. The molecule has 3 rings (SSSR count). The van der Waals surface area contributed by atoms with Gasteiger partial charge in [0.1, 0.15) is 5.75 Å². The van der Waals surface area contributed by atoms with Gasteiger partial charge in [-0.15, -0.1) is 0 Å². The Bertz CT molecular complexity index is 693. The van der Waals surface area contributed by atoms with Crippen LogP contribution in [0.3, 0.4) is 0 Å². The van der Waals surface area contributed by atoms with Crippen LogP contribution in [0.25, 0.3) is 0 Å². The lowest BCUT2D eigenvalue weighted by atomic mass is 9.84. The minimum Gasteiger partial charge on any atom is -0.497 e. The summed E-state index contributed by atoms with van der Waals surface area (Å²) in [5.41, 5.74) is 1.44. The minimum absolute atomic E-state index is 0.0553. The first-order valence-electron chi connectivity index (χ1n) is 9.87. The van der Waals surface area contributed by atoms with Crippen molar-refractivity contribution in [2.75, 3.05) is 20.2 Å². The predicted molar refractivity (Wildman–Crippen MR) is 108 cm³/mol.